The maximum absolute atomic E-state index is 13.4. The van der Waals surface area contributed by atoms with Gasteiger partial charge in [-0.05, 0) is 24.1 Å². The van der Waals surface area contributed by atoms with Crippen LogP contribution in [0.3, 0.4) is 0 Å². The molecular weight excluding hydrogens is 422 g/mol. The van der Waals surface area contributed by atoms with E-state index in [1.54, 1.807) is 9.80 Å². The maximum atomic E-state index is 13.4. The van der Waals surface area contributed by atoms with Gasteiger partial charge in [0.05, 0.1) is 4.83 Å². The Morgan fingerprint density at radius 1 is 1.07 bits per heavy atom. The molecule has 0 aromatic heterocycles. The van der Waals surface area contributed by atoms with Crippen LogP contribution in [0.4, 0.5) is 8.78 Å². The first-order valence-corrected chi connectivity index (χ1v) is 9.89. The Balaban J connectivity index is 1.58. The molecule has 27 heavy (non-hydrogen) atoms. The second-order valence-corrected chi connectivity index (χ2v) is 8.28. The molecule has 148 valence electrons. The van der Waals surface area contributed by atoms with Crippen molar-refractivity contribution < 1.29 is 18.4 Å². The van der Waals surface area contributed by atoms with Crippen molar-refractivity contribution in [1.82, 2.24) is 20.7 Å². The van der Waals surface area contributed by atoms with Crippen LogP contribution in [-0.2, 0) is 4.79 Å². The second kappa shape index (κ2) is 8.20. The summed E-state index contributed by atoms with van der Waals surface area (Å²) in [5, 5.41) is 0. The summed E-state index contributed by atoms with van der Waals surface area (Å²) in [7, 11) is 0. The molecular formula is C18H23BrF2N4O2. The van der Waals surface area contributed by atoms with Crippen molar-refractivity contribution in [2.75, 3.05) is 26.2 Å². The number of carbonyl (C=O) groups excluding carboxylic acids is 2. The zero-order chi connectivity index (χ0) is 19.7. The van der Waals surface area contributed by atoms with Gasteiger partial charge in [0.15, 0.2) is 11.6 Å². The molecule has 3 rings (SSSR count). The van der Waals surface area contributed by atoms with E-state index in [-0.39, 0.29) is 34.3 Å². The number of benzene rings is 1. The first-order valence-electron chi connectivity index (χ1n) is 8.98. The van der Waals surface area contributed by atoms with E-state index in [9.17, 15) is 18.4 Å². The highest BCUT2D eigenvalue weighted by Crippen LogP contribution is 2.23. The Kier molecular flexibility index (Phi) is 6.12. The van der Waals surface area contributed by atoms with Crippen molar-refractivity contribution in [3.8, 4) is 0 Å². The third-order valence-corrected chi connectivity index (χ3v) is 6.19. The molecule has 3 unspecified atom stereocenters. The highest BCUT2D eigenvalue weighted by atomic mass is 79.9. The van der Waals surface area contributed by atoms with E-state index in [2.05, 4.69) is 40.6 Å². The summed E-state index contributed by atoms with van der Waals surface area (Å²) < 4.78 is 26.4. The van der Waals surface area contributed by atoms with E-state index < -0.39 is 11.6 Å². The molecule has 1 aromatic carbocycles. The number of hydrogen-bond donors (Lipinski definition) is 2. The van der Waals surface area contributed by atoms with Crippen molar-refractivity contribution in [2.45, 2.75) is 30.8 Å². The Labute approximate surface area is 165 Å². The summed E-state index contributed by atoms with van der Waals surface area (Å²) in [5.74, 6) is -2.04. The predicted octanol–water partition coefficient (Wildman–Crippen LogP) is 1.51. The molecule has 0 radical (unpaired) electrons. The van der Waals surface area contributed by atoms with Crippen LogP contribution >= 0.6 is 15.9 Å². The van der Waals surface area contributed by atoms with E-state index >= 15 is 0 Å². The van der Waals surface area contributed by atoms with Crippen LogP contribution in [0.25, 0.3) is 0 Å². The number of amides is 2. The normalized spacial score (nSPS) is 25.9. The fraction of sp³-hybridized carbons (Fsp3) is 0.556. The number of rotatable bonds is 3. The molecule has 2 aliphatic heterocycles. The SMILES string of the molecule is CC(C)C1NNC(C(=O)N2CCN(C(=O)c3ccc(F)c(F)c3)CC2)C1Br. The number of halogens is 3. The van der Waals surface area contributed by atoms with Crippen molar-refractivity contribution in [3.63, 3.8) is 0 Å². The topological polar surface area (TPSA) is 64.7 Å². The fourth-order valence-electron chi connectivity index (χ4n) is 3.42. The molecule has 2 saturated heterocycles. The van der Waals surface area contributed by atoms with Gasteiger partial charge in [-0.15, -0.1) is 0 Å². The van der Waals surface area contributed by atoms with Gasteiger partial charge in [0.2, 0.25) is 5.91 Å². The van der Waals surface area contributed by atoms with Gasteiger partial charge in [-0.1, -0.05) is 29.8 Å². The lowest BCUT2D eigenvalue weighted by molar-refractivity contribution is -0.134. The first kappa shape index (κ1) is 20.2. The number of nitrogens with one attached hydrogen (secondary N) is 2. The van der Waals surface area contributed by atoms with Crippen molar-refractivity contribution in [1.29, 1.82) is 0 Å². The average Bonchev–Trinajstić information content (AvgIpc) is 3.04. The van der Waals surface area contributed by atoms with E-state index in [1.807, 2.05) is 0 Å². The number of hydrazine groups is 1. The van der Waals surface area contributed by atoms with Gasteiger partial charge in [0.1, 0.15) is 6.04 Å². The lowest BCUT2D eigenvalue weighted by Crippen LogP contribution is -2.56. The molecule has 0 aliphatic carbocycles. The zero-order valence-corrected chi connectivity index (χ0v) is 16.8. The minimum Gasteiger partial charge on any atom is -0.338 e. The Morgan fingerprint density at radius 3 is 2.26 bits per heavy atom. The smallest absolute Gasteiger partial charge is 0.254 e. The third-order valence-electron chi connectivity index (χ3n) is 5.10. The quantitative estimate of drug-likeness (QED) is 0.693. The summed E-state index contributed by atoms with van der Waals surface area (Å²) in [5.41, 5.74) is 6.33. The number of nitrogens with zero attached hydrogens (tertiary/aromatic N) is 2. The van der Waals surface area contributed by atoms with E-state index in [0.29, 0.717) is 32.1 Å². The number of hydrogen-bond acceptors (Lipinski definition) is 4. The monoisotopic (exact) mass is 444 g/mol. The molecule has 9 heteroatoms. The molecule has 2 fully saturated rings. The predicted molar refractivity (Wildman–Crippen MR) is 100 cm³/mol. The van der Waals surface area contributed by atoms with Crippen LogP contribution in [0.5, 0.6) is 0 Å². The van der Waals surface area contributed by atoms with Gasteiger partial charge in [-0.2, -0.15) is 0 Å². The lowest BCUT2D eigenvalue weighted by atomic mass is 9.99. The summed E-state index contributed by atoms with van der Waals surface area (Å²) in [6, 6.07) is 2.90. The molecule has 2 aliphatic rings. The lowest BCUT2D eigenvalue weighted by Gasteiger charge is -2.36. The van der Waals surface area contributed by atoms with Crippen LogP contribution in [0.2, 0.25) is 0 Å². The molecule has 3 atom stereocenters. The average molecular weight is 445 g/mol. The van der Waals surface area contributed by atoms with Crippen molar-refractivity contribution >= 4 is 27.7 Å². The highest BCUT2D eigenvalue weighted by Gasteiger charge is 2.42. The van der Waals surface area contributed by atoms with Crippen LogP contribution in [-0.4, -0.2) is 64.7 Å². The summed E-state index contributed by atoms with van der Waals surface area (Å²) in [4.78, 5) is 28.5. The zero-order valence-electron chi connectivity index (χ0n) is 15.2. The second-order valence-electron chi connectivity index (χ2n) is 7.23. The van der Waals surface area contributed by atoms with Crippen LogP contribution in [0, 0.1) is 17.6 Å². The highest BCUT2D eigenvalue weighted by molar-refractivity contribution is 9.09. The van der Waals surface area contributed by atoms with Gasteiger partial charge >= 0.3 is 0 Å². The molecule has 2 heterocycles. The number of alkyl halides is 1. The van der Waals surface area contributed by atoms with Gasteiger partial charge in [0, 0.05) is 37.8 Å². The van der Waals surface area contributed by atoms with Gasteiger partial charge in [-0.3, -0.25) is 15.0 Å². The van der Waals surface area contributed by atoms with Gasteiger partial charge < -0.3 is 9.80 Å². The maximum Gasteiger partial charge on any atom is 0.254 e. The molecule has 2 amide bonds. The standard InChI is InChI=1S/C18H23BrF2N4O2/c1-10(2)15-14(19)16(23-22-15)18(27)25-7-5-24(6-8-25)17(26)11-3-4-12(20)13(21)9-11/h3-4,9-10,14-16,22-23H,5-8H2,1-2H3. The van der Waals surface area contributed by atoms with Gasteiger partial charge in [0.25, 0.3) is 5.91 Å². The van der Waals surface area contributed by atoms with Crippen molar-refractivity contribution in [2.24, 2.45) is 5.92 Å². The van der Waals surface area contributed by atoms with E-state index in [0.717, 1.165) is 12.1 Å². The van der Waals surface area contributed by atoms with Crippen LogP contribution in [0.15, 0.2) is 18.2 Å². The van der Waals surface area contributed by atoms with Crippen LogP contribution in [0.1, 0.15) is 24.2 Å². The number of carbonyl (C=O) groups is 2. The van der Waals surface area contributed by atoms with Crippen molar-refractivity contribution in [3.05, 3.63) is 35.4 Å². The Bertz CT molecular complexity index is 725. The minimum atomic E-state index is -1.04. The summed E-state index contributed by atoms with van der Waals surface area (Å²) in [6.45, 7) is 5.68. The van der Waals surface area contributed by atoms with Gasteiger partial charge in [-0.25, -0.2) is 14.2 Å². The third kappa shape index (κ3) is 4.14. The minimum absolute atomic E-state index is 0.0209. The summed E-state index contributed by atoms with van der Waals surface area (Å²) in [6.07, 6.45) is 0. The fourth-order valence-corrected chi connectivity index (χ4v) is 4.52. The molecule has 0 spiro atoms. The Morgan fingerprint density at radius 2 is 1.70 bits per heavy atom. The summed E-state index contributed by atoms with van der Waals surface area (Å²) >= 11 is 3.61. The first-order chi connectivity index (χ1) is 12.8. The molecule has 6 nitrogen and oxygen atoms in total. The Hall–Kier alpha value is -1.58. The number of piperazine rings is 1. The van der Waals surface area contributed by atoms with E-state index in [4.69, 9.17) is 0 Å². The van der Waals surface area contributed by atoms with Crippen LogP contribution < -0.4 is 10.9 Å². The molecule has 1 aromatic rings. The molecule has 0 saturated carbocycles. The molecule has 0 bridgehead atoms. The molecule has 2 N–H and O–H groups in total. The largest absolute Gasteiger partial charge is 0.338 e. The van der Waals surface area contributed by atoms with E-state index in [1.165, 1.54) is 6.07 Å².